The molecule has 1 aliphatic carbocycles. The molecule has 0 aromatic heterocycles. The number of rotatable bonds is 6. The maximum Gasteiger partial charge on any atom is 0.335 e. The van der Waals surface area contributed by atoms with Crippen LogP contribution in [0.1, 0.15) is 98.7 Å². The second-order valence-corrected chi connectivity index (χ2v) is 9.33. The van der Waals surface area contributed by atoms with Crippen LogP contribution in [0.3, 0.4) is 0 Å². The van der Waals surface area contributed by atoms with Crippen LogP contribution in [0.25, 0.3) is 0 Å². The van der Waals surface area contributed by atoms with Gasteiger partial charge in [0.25, 0.3) is 0 Å². The van der Waals surface area contributed by atoms with Gasteiger partial charge in [0.05, 0.1) is 11.6 Å². The molecule has 2 atom stereocenters. The summed E-state index contributed by atoms with van der Waals surface area (Å²) >= 11 is 0. The zero-order valence-corrected chi connectivity index (χ0v) is 19.1. The minimum absolute atomic E-state index is 0.0382. The molecular formula is C27H34N2O3. The maximum absolute atomic E-state index is 12.8. The second-order valence-electron chi connectivity index (χ2n) is 9.33. The summed E-state index contributed by atoms with van der Waals surface area (Å²) in [4.78, 5) is 26.3. The van der Waals surface area contributed by atoms with Crippen molar-refractivity contribution in [2.45, 2.75) is 83.2 Å². The van der Waals surface area contributed by atoms with Gasteiger partial charge in [0.15, 0.2) is 0 Å². The number of fused-ring (bicyclic) bond motifs is 1. The van der Waals surface area contributed by atoms with E-state index in [0.717, 1.165) is 29.8 Å². The molecule has 0 bridgehead atoms. The summed E-state index contributed by atoms with van der Waals surface area (Å²) in [5.41, 5.74) is 4.40. The van der Waals surface area contributed by atoms with E-state index in [0.29, 0.717) is 12.3 Å². The molecule has 1 aliphatic heterocycles. The van der Waals surface area contributed by atoms with Gasteiger partial charge >= 0.3 is 5.97 Å². The highest BCUT2D eigenvalue weighted by Gasteiger charge is 2.34. The highest BCUT2D eigenvalue weighted by atomic mass is 16.4. The molecule has 0 radical (unpaired) electrons. The van der Waals surface area contributed by atoms with Crippen LogP contribution in [0.4, 0.5) is 11.4 Å². The molecule has 1 heterocycles. The van der Waals surface area contributed by atoms with Crippen molar-refractivity contribution in [1.29, 1.82) is 0 Å². The monoisotopic (exact) mass is 434 g/mol. The molecule has 4 rings (SSSR count). The Morgan fingerprint density at radius 1 is 1.06 bits per heavy atom. The molecule has 0 spiro atoms. The van der Waals surface area contributed by atoms with Gasteiger partial charge in [0.2, 0.25) is 5.91 Å². The van der Waals surface area contributed by atoms with Gasteiger partial charge in [-0.25, -0.2) is 4.79 Å². The van der Waals surface area contributed by atoms with E-state index < -0.39 is 5.97 Å². The fourth-order valence-corrected chi connectivity index (χ4v) is 5.34. The molecule has 1 saturated carbocycles. The highest BCUT2D eigenvalue weighted by molar-refractivity contribution is 5.97. The molecule has 2 aliphatic rings. The summed E-state index contributed by atoms with van der Waals surface area (Å²) in [5.74, 6) is -0.183. The van der Waals surface area contributed by atoms with Crippen molar-refractivity contribution in [3.8, 4) is 0 Å². The lowest BCUT2D eigenvalue weighted by atomic mass is 9.84. The van der Waals surface area contributed by atoms with Gasteiger partial charge < -0.3 is 15.3 Å². The van der Waals surface area contributed by atoms with Crippen molar-refractivity contribution < 1.29 is 14.7 Å². The summed E-state index contributed by atoms with van der Waals surface area (Å²) in [7, 11) is 0. The maximum atomic E-state index is 12.8. The number of hydrogen-bond acceptors (Lipinski definition) is 3. The Morgan fingerprint density at radius 2 is 1.78 bits per heavy atom. The quantitative estimate of drug-likeness (QED) is 0.544. The fourth-order valence-electron chi connectivity index (χ4n) is 5.34. The standard InChI is InChI=1S/C27H34N2O3/c1-3-7-26(30)29-18(2)16-24(23-17-21(27(31)32)12-15-25(23)29)28-22-13-10-20(11-14-22)19-8-5-4-6-9-19/h10-15,17-19,24,28H,3-9,16H2,1-2H3,(H,31,32)/t18-,24+/m0/s1. The molecule has 2 aromatic carbocycles. The van der Waals surface area contributed by atoms with Crippen molar-refractivity contribution in [3.63, 3.8) is 0 Å². The van der Waals surface area contributed by atoms with Crippen LogP contribution in [0.2, 0.25) is 0 Å². The molecule has 32 heavy (non-hydrogen) atoms. The predicted octanol–water partition coefficient (Wildman–Crippen LogP) is 6.51. The lowest BCUT2D eigenvalue weighted by molar-refractivity contribution is -0.119. The SMILES string of the molecule is CCCC(=O)N1c2ccc(C(=O)O)cc2[C@H](Nc2ccc(C3CCCCC3)cc2)C[C@@H]1C. The summed E-state index contributed by atoms with van der Waals surface area (Å²) in [6, 6.07) is 13.9. The molecule has 170 valence electrons. The molecule has 1 fully saturated rings. The first-order valence-electron chi connectivity index (χ1n) is 12.0. The number of nitrogens with zero attached hydrogens (tertiary/aromatic N) is 1. The molecule has 0 unspecified atom stereocenters. The Morgan fingerprint density at radius 3 is 2.44 bits per heavy atom. The van der Waals surface area contributed by atoms with Gasteiger partial charge in [-0.15, -0.1) is 0 Å². The number of aromatic carboxylic acids is 1. The van der Waals surface area contributed by atoms with Crippen LogP contribution in [-0.4, -0.2) is 23.0 Å². The Balaban J connectivity index is 1.60. The molecule has 2 aromatic rings. The molecular weight excluding hydrogens is 400 g/mol. The molecule has 5 nitrogen and oxygen atoms in total. The van der Waals surface area contributed by atoms with E-state index in [-0.39, 0.29) is 23.6 Å². The summed E-state index contributed by atoms with van der Waals surface area (Å²) in [5, 5.41) is 13.2. The van der Waals surface area contributed by atoms with Gasteiger partial charge in [-0.05, 0) is 80.0 Å². The largest absolute Gasteiger partial charge is 0.478 e. The number of carbonyl (C=O) groups excluding carboxylic acids is 1. The van der Waals surface area contributed by atoms with Gasteiger partial charge in [-0.3, -0.25) is 4.79 Å². The van der Waals surface area contributed by atoms with Crippen LogP contribution in [0.5, 0.6) is 0 Å². The number of nitrogens with one attached hydrogen (secondary N) is 1. The minimum atomic E-state index is -0.951. The van der Waals surface area contributed by atoms with E-state index >= 15 is 0 Å². The zero-order chi connectivity index (χ0) is 22.7. The van der Waals surface area contributed by atoms with E-state index in [9.17, 15) is 14.7 Å². The number of anilines is 2. The third kappa shape index (κ3) is 4.67. The first-order chi connectivity index (χ1) is 15.5. The zero-order valence-electron chi connectivity index (χ0n) is 19.1. The number of carbonyl (C=O) groups is 2. The fraction of sp³-hybridized carbons (Fsp3) is 0.481. The number of amides is 1. The predicted molar refractivity (Wildman–Crippen MR) is 129 cm³/mol. The molecule has 1 amide bonds. The van der Waals surface area contributed by atoms with E-state index in [1.807, 2.05) is 11.8 Å². The van der Waals surface area contributed by atoms with Gasteiger partial charge in [0.1, 0.15) is 0 Å². The Hall–Kier alpha value is -2.82. The first-order valence-corrected chi connectivity index (χ1v) is 12.0. The Labute approximate surface area is 190 Å². The van der Waals surface area contributed by atoms with E-state index in [4.69, 9.17) is 0 Å². The number of carboxylic acid groups (broad SMARTS) is 1. The van der Waals surface area contributed by atoms with Gasteiger partial charge in [-0.1, -0.05) is 38.3 Å². The van der Waals surface area contributed by atoms with Crippen LogP contribution < -0.4 is 10.2 Å². The molecule has 2 N–H and O–H groups in total. The van der Waals surface area contributed by atoms with Crippen LogP contribution in [0, 0.1) is 0 Å². The van der Waals surface area contributed by atoms with Gasteiger partial charge in [0, 0.05) is 23.8 Å². The summed E-state index contributed by atoms with van der Waals surface area (Å²) in [6.07, 6.45) is 8.56. The topological polar surface area (TPSA) is 69.6 Å². The first kappa shape index (κ1) is 22.4. The molecule has 0 saturated heterocycles. The van der Waals surface area contributed by atoms with E-state index in [2.05, 4.69) is 36.5 Å². The summed E-state index contributed by atoms with van der Waals surface area (Å²) < 4.78 is 0. The lowest BCUT2D eigenvalue weighted by Crippen LogP contribution is -2.44. The average Bonchev–Trinajstić information content (AvgIpc) is 2.80. The van der Waals surface area contributed by atoms with Crippen molar-refractivity contribution >= 4 is 23.3 Å². The number of benzene rings is 2. The second kappa shape index (κ2) is 9.76. The summed E-state index contributed by atoms with van der Waals surface area (Å²) in [6.45, 7) is 4.07. The third-order valence-electron chi connectivity index (χ3n) is 6.99. The Kier molecular flexibility index (Phi) is 6.83. The van der Waals surface area contributed by atoms with Crippen molar-refractivity contribution in [1.82, 2.24) is 0 Å². The molecule has 5 heteroatoms. The number of carboxylic acids is 1. The number of hydrogen-bond donors (Lipinski definition) is 2. The normalized spacial score (nSPS) is 21.1. The average molecular weight is 435 g/mol. The smallest absolute Gasteiger partial charge is 0.335 e. The van der Waals surface area contributed by atoms with Gasteiger partial charge in [-0.2, -0.15) is 0 Å². The minimum Gasteiger partial charge on any atom is -0.478 e. The van der Waals surface area contributed by atoms with Crippen molar-refractivity contribution in [3.05, 3.63) is 59.2 Å². The van der Waals surface area contributed by atoms with E-state index in [1.54, 1.807) is 18.2 Å². The van der Waals surface area contributed by atoms with E-state index in [1.165, 1.54) is 37.7 Å². The van der Waals surface area contributed by atoms with Crippen LogP contribution in [0.15, 0.2) is 42.5 Å². The van der Waals surface area contributed by atoms with Crippen LogP contribution in [-0.2, 0) is 4.79 Å². The van der Waals surface area contributed by atoms with Crippen molar-refractivity contribution in [2.24, 2.45) is 0 Å². The lowest BCUT2D eigenvalue weighted by Gasteiger charge is -2.40. The van der Waals surface area contributed by atoms with Crippen molar-refractivity contribution in [2.75, 3.05) is 10.2 Å². The highest BCUT2D eigenvalue weighted by Crippen LogP contribution is 2.40. The Bertz CT molecular complexity index is 963. The van der Waals surface area contributed by atoms with Crippen LogP contribution >= 0.6 is 0 Å². The third-order valence-corrected chi connectivity index (χ3v) is 6.99.